The number of benzene rings is 4. The van der Waals surface area contributed by atoms with Gasteiger partial charge in [0.25, 0.3) is 10.0 Å². The number of halogens is 1. The van der Waals surface area contributed by atoms with Gasteiger partial charge in [0.1, 0.15) is 12.6 Å². The molecule has 0 bridgehead atoms. The van der Waals surface area contributed by atoms with Gasteiger partial charge in [0.05, 0.1) is 10.6 Å². The molecule has 0 radical (unpaired) electrons. The molecule has 0 saturated carbocycles. The molecule has 9 heteroatoms. The fraction of sp³-hybridized carbons (Fsp3) is 0.297. The molecule has 0 fully saturated rings. The Bertz CT molecular complexity index is 1720. The average molecular weight is 660 g/mol. The highest BCUT2D eigenvalue weighted by molar-refractivity contribution is 7.92. The average Bonchev–Trinajstić information content (AvgIpc) is 3.01. The Labute approximate surface area is 278 Å². The molecule has 0 heterocycles. The summed E-state index contributed by atoms with van der Waals surface area (Å²) in [6.07, 6.45) is 0.226. The lowest BCUT2D eigenvalue weighted by molar-refractivity contribution is -0.140. The summed E-state index contributed by atoms with van der Waals surface area (Å²) in [6.45, 7) is 9.27. The van der Waals surface area contributed by atoms with E-state index < -0.39 is 34.1 Å². The summed E-state index contributed by atoms with van der Waals surface area (Å²) in [5, 5.41) is 3.53. The highest BCUT2D eigenvalue weighted by Gasteiger charge is 2.35. The van der Waals surface area contributed by atoms with Crippen molar-refractivity contribution >= 4 is 39.1 Å². The Kier molecular flexibility index (Phi) is 11.3. The van der Waals surface area contributed by atoms with Crippen LogP contribution in [0.25, 0.3) is 0 Å². The van der Waals surface area contributed by atoms with Crippen molar-refractivity contribution in [1.29, 1.82) is 0 Å². The maximum Gasteiger partial charge on any atom is 0.264 e. The van der Waals surface area contributed by atoms with E-state index in [2.05, 4.69) is 19.2 Å². The van der Waals surface area contributed by atoms with Crippen molar-refractivity contribution in [1.82, 2.24) is 10.2 Å². The third-order valence-electron chi connectivity index (χ3n) is 7.47. The molecular weight excluding hydrogens is 618 g/mol. The van der Waals surface area contributed by atoms with Crippen LogP contribution in [-0.4, -0.2) is 43.3 Å². The Hall–Kier alpha value is -4.14. The summed E-state index contributed by atoms with van der Waals surface area (Å²) >= 11 is 6.32. The van der Waals surface area contributed by atoms with E-state index >= 15 is 0 Å². The van der Waals surface area contributed by atoms with Gasteiger partial charge < -0.3 is 10.2 Å². The smallest absolute Gasteiger partial charge is 0.264 e. The maximum atomic E-state index is 14.6. The second kappa shape index (κ2) is 15.0. The van der Waals surface area contributed by atoms with Gasteiger partial charge in [-0.25, -0.2) is 8.42 Å². The summed E-state index contributed by atoms with van der Waals surface area (Å²) in [5.74, 6) is -0.633. The number of rotatable bonds is 12. The van der Waals surface area contributed by atoms with Gasteiger partial charge in [-0.05, 0) is 79.8 Å². The SMILES string of the molecule is CC(C)c1ccc(N(CC(=O)N(Cc2cccc(Cl)c2)[C@@H](Cc2ccccc2)C(=O)NC(C)(C)C)S(=O)(=O)c2ccccc2)cc1. The molecule has 242 valence electrons. The quantitative estimate of drug-likeness (QED) is 0.174. The van der Waals surface area contributed by atoms with Crippen LogP contribution in [-0.2, 0) is 32.6 Å². The first-order valence-electron chi connectivity index (χ1n) is 15.3. The first-order valence-corrected chi connectivity index (χ1v) is 17.1. The van der Waals surface area contributed by atoms with Crippen molar-refractivity contribution in [2.75, 3.05) is 10.8 Å². The lowest BCUT2D eigenvalue weighted by Crippen LogP contribution is -2.56. The molecule has 7 nitrogen and oxygen atoms in total. The van der Waals surface area contributed by atoms with Gasteiger partial charge in [0, 0.05) is 23.5 Å². The molecule has 0 saturated heterocycles. The van der Waals surface area contributed by atoms with E-state index in [4.69, 9.17) is 11.6 Å². The lowest BCUT2D eigenvalue weighted by atomic mass is 10.0. The fourth-order valence-corrected chi connectivity index (χ4v) is 6.76. The van der Waals surface area contributed by atoms with Gasteiger partial charge in [0.2, 0.25) is 11.8 Å². The molecule has 0 aliphatic heterocycles. The number of carbonyl (C=O) groups is 2. The van der Waals surface area contributed by atoms with Crippen LogP contribution in [0.1, 0.15) is 57.2 Å². The summed E-state index contributed by atoms with van der Waals surface area (Å²) in [7, 11) is -4.16. The van der Waals surface area contributed by atoms with Crippen molar-refractivity contribution in [2.45, 2.75) is 70.0 Å². The first-order chi connectivity index (χ1) is 21.7. The standard InChI is InChI=1S/C37H42ClN3O4S/c1-27(2)30-19-21-32(22-20-30)41(46(44,45)33-17-10-7-11-18-33)26-35(42)40(25-29-15-12-16-31(38)23-29)34(36(43)39-37(3,4)5)24-28-13-8-6-9-14-28/h6-23,27,34H,24-26H2,1-5H3,(H,39,43)/t34-/m0/s1. The molecule has 2 amide bonds. The molecule has 4 aromatic carbocycles. The van der Waals surface area contributed by atoms with Crippen LogP contribution in [0.2, 0.25) is 5.02 Å². The molecule has 0 spiro atoms. The van der Waals surface area contributed by atoms with Crippen LogP contribution in [0.5, 0.6) is 0 Å². The second-order valence-electron chi connectivity index (χ2n) is 12.7. The number of nitrogens with one attached hydrogen (secondary N) is 1. The van der Waals surface area contributed by atoms with E-state index in [1.807, 2.05) is 69.3 Å². The number of hydrogen-bond donors (Lipinski definition) is 1. The topological polar surface area (TPSA) is 86.8 Å². The van der Waals surface area contributed by atoms with E-state index in [0.717, 1.165) is 15.4 Å². The molecule has 0 aliphatic rings. The van der Waals surface area contributed by atoms with Crippen molar-refractivity contribution in [3.05, 3.63) is 131 Å². The van der Waals surface area contributed by atoms with Crippen molar-refractivity contribution in [2.24, 2.45) is 0 Å². The first kappa shape index (κ1) is 34.7. The van der Waals surface area contributed by atoms with Gasteiger partial charge in [-0.3, -0.25) is 13.9 Å². The molecule has 4 aromatic rings. The number of carbonyl (C=O) groups excluding carboxylic acids is 2. The molecular formula is C37H42ClN3O4S. The zero-order chi connectivity index (χ0) is 33.5. The highest BCUT2D eigenvalue weighted by atomic mass is 35.5. The van der Waals surface area contributed by atoms with Crippen LogP contribution in [0.3, 0.4) is 0 Å². The van der Waals surface area contributed by atoms with Crippen LogP contribution in [0.4, 0.5) is 5.69 Å². The van der Waals surface area contributed by atoms with Crippen LogP contribution >= 0.6 is 11.6 Å². The van der Waals surface area contributed by atoms with Crippen LogP contribution < -0.4 is 9.62 Å². The fourth-order valence-electron chi connectivity index (χ4n) is 5.11. The Morgan fingerprint density at radius 2 is 1.39 bits per heavy atom. The molecule has 0 unspecified atom stereocenters. The third-order valence-corrected chi connectivity index (χ3v) is 9.49. The van der Waals surface area contributed by atoms with E-state index in [-0.39, 0.29) is 29.7 Å². The van der Waals surface area contributed by atoms with E-state index in [0.29, 0.717) is 16.3 Å². The number of sulfonamides is 1. The van der Waals surface area contributed by atoms with Crippen molar-refractivity contribution in [3.63, 3.8) is 0 Å². The minimum atomic E-state index is -4.16. The van der Waals surface area contributed by atoms with Crippen LogP contribution in [0, 0.1) is 0 Å². The zero-order valence-corrected chi connectivity index (χ0v) is 28.6. The molecule has 1 N–H and O–H groups in total. The molecule has 0 aromatic heterocycles. The molecule has 4 rings (SSSR count). The van der Waals surface area contributed by atoms with Gasteiger partial charge in [0.15, 0.2) is 0 Å². The highest BCUT2D eigenvalue weighted by Crippen LogP contribution is 2.27. The molecule has 0 aliphatic carbocycles. The van der Waals surface area contributed by atoms with Crippen LogP contribution in [0.15, 0.2) is 114 Å². The number of hydrogen-bond acceptors (Lipinski definition) is 4. The predicted octanol–water partition coefficient (Wildman–Crippen LogP) is 7.21. The normalized spacial score (nSPS) is 12.4. The van der Waals surface area contributed by atoms with E-state index in [1.165, 1.54) is 17.0 Å². The van der Waals surface area contributed by atoms with Crippen molar-refractivity contribution < 1.29 is 18.0 Å². The molecule has 46 heavy (non-hydrogen) atoms. The summed E-state index contributed by atoms with van der Waals surface area (Å²) < 4.78 is 29.4. The van der Waals surface area contributed by atoms with Gasteiger partial charge >= 0.3 is 0 Å². The Morgan fingerprint density at radius 1 is 0.804 bits per heavy atom. The third kappa shape index (κ3) is 9.21. The number of anilines is 1. The minimum Gasteiger partial charge on any atom is -0.350 e. The summed E-state index contributed by atoms with van der Waals surface area (Å²) in [4.78, 5) is 30.1. The lowest BCUT2D eigenvalue weighted by Gasteiger charge is -2.35. The van der Waals surface area contributed by atoms with E-state index in [9.17, 15) is 18.0 Å². The minimum absolute atomic E-state index is 0.0416. The largest absolute Gasteiger partial charge is 0.350 e. The second-order valence-corrected chi connectivity index (χ2v) is 15.0. The van der Waals surface area contributed by atoms with Gasteiger partial charge in [-0.1, -0.05) is 98.2 Å². The Morgan fingerprint density at radius 3 is 1.96 bits per heavy atom. The Balaban J connectivity index is 1.82. The number of amides is 2. The monoisotopic (exact) mass is 659 g/mol. The predicted molar refractivity (Wildman–Crippen MR) is 185 cm³/mol. The zero-order valence-electron chi connectivity index (χ0n) is 27.0. The maximum absolute atomic E-state index is 14.6. The number of nitrogens with zero attached hydrogens (tertiary/aromatic N) is 2. The van der Waals surface area contributed by atoms with E-state index in [1.54, 1.807) is 48.5 Å². The summed E-state index contributed by atoms with van der Waals surface area (Å²) in [5.41, 5.74) is 2.39. The van der Waals surface area contributed by atoms with Gasteiger partial charge in [-0.15, -0.1) is 0 Å². The van der Waals surface area contributed by atoms with Gasteiger partial charge in [-0.2, -0.15) is 0 Å². The summed E-state index contributed by atoms with van der Waals surface area (Å²) in [6, 6.07) is 30.8. The van der Waals surface area contributed by atoms with Crippen molar-refractivity contribution in [3.8, 4) is 0 Å². The molecule has 1 atom stereocenters.